The molecule has 0 bridgehead atoms. The van der Waals surface area contributed by atoms with E-state index in [1.165, 1.54) is 16.7 Å². The Hall–Kier alpha value is -2.91. The average molecular weight is 598 g/mol. The maximum absolute atomic E-state index is 13.4. The number of rotatable bonds is 8. The SMILES string of the molecule is CC(C)(C)c1cn(C[C@H]2CCCO2)c(=NC(=O)c2cc(C(F)(F)F)ccc2OCCC(O)NC(=O)C(F)(F)F)s1. The van der Waals surface area contributed by atoms with Crippen molar-refractivity contribution >= 4 is 23.2 Å². The topological polar surface area (TPSA) is 102 Å². The highest BCUT2D eigenvalue weighted by molar-refractivity contribution is 7.09. The summed E-state index contributed by atoms with van der Waals surface area (Å²) in [6, 6.07) is 2.14. The Kier molecular flexibility index (Phi) is 9.73. The molecule has 1 aromatic carbocycles. The van der Waals surface area contributed by atoms with E-state index >= 15 is 0 Å². The van der Waals surface area contributed by atoms with Gasteiger partial charge in [-0.05, 0) is 36.5 Å². The highest BCUT2D eigenvalue weighted by Crippen LogP contribution is 2.33. The van der Waals surface area contributed by atoms with Crippen LogP contribution in [0.15, 0.2) is 29.4 Å². The maximum Gasteiger partial charge on any atom is 0.471 e. The first kappa shape index (κ1) is 31.6. The lowest BCUT2D eigenvalue weighted by molar-refractivity contribution is -0.176. The highest BCUT2D eigenvalue weighted by Gasteiger charge is 2.39. The third-order valence-electron chi connectivity index (χ3n) is 5.82. The molecule has 3 rings (SSSR count). The molecule has 222 valence electrons. The van der Waals surface area contributed by atoms with Crippen molar-refractivity contribution in [3.63, 3.8) is 0 Å². The van der Waals surface area contributed by atoms with Crippen LogP contribution in [-0.2, 0) is 27.7 Å². The van der Waals surface area contributed by atoms with Crippen LogP contribution < -0.4 is 14.9 Å². The van der Waals surface area contributed by atoms with Crippen molar-refractivity contribution in [2.45, 2.75) is 76.7 Å². The zero-order valence-electron chi connectivity index (χ0n) is 21.9. The van der Waals surface area contributed by atoms with E-state index in [0.29, 0.717) is 25.3 Å². The number of benzene rings is 1. The quantitative estimate of drug-likeness (QED) is 0.344. The second-order valence-electron chi connectivity index (χ2n) is 10.2. The normalized spacial score (nSPS) is 17.6. The minimum absolute atomic E-state index is 0.104. The molecule has 2 N–H and O–H groups in total. The number of carbonyl (C=O) groups excluding carboxylic acids is 2. The molecule has 0 radical (unpaired) electrons. The minimum Gasteiger partial charge on any atom is -0.493 e. The molecule has 15 heteroatoms. The number of aliphatic hydroxyl groups is 1. The third-order valence-corrected chi connectivity index (χ3v) is 7.27. The van der Waals surface area contributed by atoms with Gasteiger partial charge >= 0.3 is 18.3 Å². The Balaban J connectivity index is 1.90. The Morgan fingerprint density at radius 1 is 1.23 bits per heavy atom. The van der Waals surface area contributed by atoms with Crippen LogP contribution in [0.25, 0.3) is 0 Å². The molecule has 40 heavy (non-hydrogen) atoms. The lowest BCUT2D eigenvalue weighted by atomic mass is 9.95. The summed E-state index contributed by atoms with van der Waals surface area (Å²) in [5.41, 5.74) is -1.96. The fourth-order valence-electron chi connectivity index (χ4n) is 3.68. The number of aliphatic hydroxyl groups excluding tert-OH is 1. The van der Waals surface area contributed by atoms with E-state index in [1.54, 1.807) is 4.57 Å². The van der Waals surface area contributed by atoms with Crippen LogP contribution >= 0.6 is 11.3 Å². The zero-order chi connectivity index (χ0) is 29.9. The fourth-order valence-corrected chi connectivity index (χ4v) is 4.74. The van der Waals surface area contributed by atoms with E-state index in [1.807, 2.05) is 27.0 Å². The summed E-state index contributed by atoms with van der Waals surface area (Å²) >= 11 is 1.21. The van der Waals surface area contributed by atoms with Crippen molar-refractivity contribution in [1.29, 1.82) is 0 Å². The summed E-state index contributed by atoms with van der Waals surface area (Å²) < 4.78 is 90.1. The maximum atomic E-state index is 13.4. The molecule has 0 aliphatic carbocycles. The van der Waals surface area contributed by atoms with Crippen LogP contribution in [0.3, 0.4) is 0 Å². The molecule has 2 heterocycles. The van der Waals surface area contributed by atoms with Gasteiger partial charge in [-0.1, -0.05) is 20.8 Å². The number of nitrogens with one attached hydrogen (secondary N) is 1. The first-order chi connectivity index (χ1) is 18.4. The van der Waals surface area contributed by atoms with Crippen LogP contribution in [0.1, 0.15) is 60.8 Å². The number of thiazole rings is 1. The van der Waals surface area contributed by atoms with Crippen molar-refractivity contribution < 1.29 is 50.5 Å². The number of alkyl halides is 6. The minimum atomic E-state index is -5.22. The summed E-state index contributed by atoms with van der Waals surface area (Å²) in [4.78, 5) is 29.4. The van der Waals surface area contributed by atoms with Gasteiger partial charge in [-0.3, -0.25) is 9.59 Å². The van der Waals surface area contributed by atoms with Gasteiger partial charge in [0, 0.05) is 24.1 Å². The van der Waals surface area contributed by atoms with Crippen LogP contribution in [-0.4, -0.2) is 53.2 Å². The highest BCUT2D eigenvalue weighted by atomic mass is 32.1. The smallest absolute Gasteiger partial charge is 0.471 e. The molecule has 1 fully saturated rings. The monoisotopic (exact) mass is 597 g/mol. The number of hydrogen-bond acceptors (Lipinski definition) is 6. The van der Waals surface area contributed by atoms with Crippen LogP contribution in [0.4, 0.5) is 26.3 Å². The Labute approximate surface area is 229 Å². The number of hydrogen-bond donors (Lipinski definition) is 2. The second kappa shape index (κ2) is 12.3. The van der Waals surface area contributed by atoms with Crippen molar-refractivity contribution in [2.24, 2.45) is 4.99 Å². The average Bonchev–Trinajstić information content (AvgIpc) is 3.48. The summed E-state index contributed by atoms with van der Waals surface area (Å²) in [5.74, 6) is -3.73. The van der Waals surface area contributed by atoms with Gasteiger partial charge in [-0.25, -0.2) is 0 Å². The van der Waals surface area contributed by atoms with Crippen molar-refractivity contribution in [3.05, 3.63) is 45.2 Å². The Morgan fingerprint density at radius 2 is 1.93 bits per heavy atom. The molecule has 2 atom stereocenters. The zero-order valence-corrected chi connectivity index (χ0v) is 22.7. The molecule has 0 spiro atoms. The summed E-state index contributed by atoms with van der Waals surface area (Å²) in [6.07, 6.45) is -9.08. The number of aromatic nitrogens is 1. The summed E-state index contributed by atoms with van der Waals surface area (Å²) in [5, 5.41) is 11.0. The van der Waals surface area contributed by atoms with Crippen molar-refractivity contribution in [1.82, 2.24) is 9.88 Å². The van der Waals surface area contributed by atoms with Crippen LogP contribution in [0.2, 0.25) is 0 Å². The van der Waals surface area contributed by atoms with Gasteiger partial charge in [0.2, 0.25) is 0 Å². The Bertz CT molecular complexity index is 1270. The van der Waals surface area contributed by atoms with Crippen LogP contribution in [0.5, 0.6) is 5.75 Å². The first-order valence-electron chi connectivity index (χ1n) is 12.3. The number of amides is 2. The summed E-state index contributed by atoms with van der Waals surface area (Å²) in [6.45, 7) is 6.36. The van der Waals surface area contributed by atoms with E-state index < -0.39 is 54.5 Å². The molecule has 1 aromatic heterocycles. The molecule has 2 amide bonds. The van der Waals surface area contributed by atoms with Crippen molar-refractivity contribution in [2.75, 3.05) is 13.2 Å². The molecule has 0 saturated carbocycles. The van der Waals surface area contributed by atoms with Gasteiger partial charge in [0.1, 0.15) is 12.0 Å². The van der Waals surface area contributed by atoms with Gasteiger partial charge in [0.05, 0.1) is 30.4 Å². The lowest BCUT2D eigenvalue weighted by Crippen LogP contribution is -2.43. The second-order valence-corrected chi connectivity index (χ2v) is 11.2. The number of nitrogens with zero attached hydrogens (tertiary/aromatic N) is 2. The molecular weight excluding hydrogens is 568 g/mol. The van der Waals surface area contributed by atoms with E-state index in [2.05, 4.69) is 4.99 Å². The van der Waals surface area contributed by atoms with E-state index in [0.717, 1.165) is 23.8 Å². The van der Waals surface area contributed by atoms with E-state index in [9.17, 15) is 41.0 Å². The molecular formula is C25H29F6N3O5S. The molecule has 1 unspecified atom stereocenters. The molecule has 8 nitrogen and oxygen atoms in total. The van der Waals surface area contributed by atoms with Gasteiger partial charge in [-0.15, -0.1) is 11.3 Å². The molecule has 2 aromatic rings. The third kappa shape index (κ3) is 8.54. The van der Waals surface area contributed by atoms with E-state index in [4.69, 9.17) is 9.47 Å². The largest absolute Gasteiger partial charge is 0.493 e. The predicted molar refractivity (Wildman–Crippen MR) is 132 cm³/mol. The number of ether oxygens (including phenoxy) is 2. The van der Waals surface area contributed by atoms with Crippen molar-refractivity contribution in [3.8, 4) is 5.75 Å². The van der Waals surface area contributed by atoms with Crippen LogP contribution in [0, 0.1) is 0 Å². The molecule has 1 aliphatic heterocycles. The Morgan fingerprint density at radius 3 is 2.50 bits per heavy atom. The molecule has 1 saturated heterocycles. The van der Waals surface area contributed by atoms with Gasteiger partial charge in [0.15, 0.2) is 4.80 Å². The number of halogens is 6. The van der Waals surface area contributed by atoms with Gasteiger partial charge < -0.3 is 24.5 Å². The summed E-state index contributed by atoms with van der Waals surface area (Å²) in [7, 11) is 0. The first-order valence-corrected chi connectivity index (χ1v) is 13.1. The fraction of sp³-hybridized carbons (Fsp3) is 0.560. The lowest BCUT2D eigenvalue weighted by Gasteiger charge is -2.16. The predicted octanol–water partition coefficient (Wildman–Crippen LogP) is 4.55. The van der Waals surface area contributed by atoms with Gasteiger partial charge in [0.25, 0.3) is 5.91 Å². The number of carbonyl (C=O) groups is 2. The van der Waals surface area contributed by atoms with E-state index in [-0.39, 0.29) is 22.1 Å². The molecule has 1 aliphatic rings. The van der Waals surface area contributed by atoms with Gasteiger partial charge in [-0.2, -0.15) is 31.3 Å². The standard InChI is InChI=1S/C25H29F6N3O5S/c1-23(2,3)18-13-34(12-15-5-4-9-38-15)22(40-18)33-20(36)16-11-14(24(26,27)28)6-7-17(16)39-10-8-19(35)32-21(37)25(29,30)31/h6-7,11,13,15,19,35H,4-5,8-10,12H2,1-3H3,(H,32,37)/t15-,19?/m1/s1.